The van der Waals surface area contributed by atoms with Crippen molar-refractivity contribution in [3.8, 4) is 11.9 Å². The van der Waals surface area contributed by atoms with Crippen LogP contribution in [0.3, 0.4) is 0 Å². The largest absolute Gasteiger partial charge is 0.481 e. The lowest BCUT2D eigenvalue weighted by Crippen LogP contribution is -2.25. The van der Waals surface area contributed by atoms with Gasteiger partial charge >= 0.3 is 6.01 Å². The molecule has 0 bridgehead atoms. The molecule has 0 saturated heterocycles. The summed E-state index contributed by atoms with van der Waals surface area (Å²) in [5.74, 6) is 1.26. The van der Waals surface area contributed by atoms with Gasteiger partial charge in [-0.15, -0.1) is 0 Å². The molecule has 3 heterocycles. The van der Waals surface area contributed by atoms with Crippen molar-refractivity contribution in [1.29, 1.82) is 0 Å². The quantitative estimate of drug-likeness (QED) is 0.889. The van der Waals surface area contributed by atoms with Gasteiger partial charge in [-0.25, -0.2) is 4.98 Å². The number of methoxy groups -OCH3 is 2. The molecule has 2 aliphatic rings. The molecule has 0 aromatic carbocycles. The van der Waals surface area contributed by atoms with Crippen LogP contribution in [0, 0.1) is 0 Å². The van der Waals surface area contributed by atoms with Crippen LogP contribution < -0.4 is 14.8 Å². The summed E-state index contributed by atoms with van der Waals surface area (Å²) >= 11 is 0. The fourth-order valence-corrected chi connectivity index (χ4v) is 3.42. The number of nitrogens with zero attached hydrogens (tertiary/aromatic N) is 3. The molecular formula is C16H19N5O3. The monoisotopic (exact) mass is 329 g/mol. The highest BCUT2D eigenvalue weighted by atomic mass is 16.5. The van der Waals surface area contributed by atoms with Gasteiger partial charge in [-0.3, -0.25) is 9.89 Å². The molecule has 126 valence electrons. The number of rotatable bonds is 4. The molecule has 2 N–H and O–H groups in total. The smallest absolute Gasteiger partial charge is 0.319 e. The Morgan fingerprint density at radius 3 is 2.75 bits per heavy atom. The summed E-state index contributed by atoms with van der Waals surface area (Å²) in [7, 11) is 3.06. The van der Waals surface area contributed by atoms with Crippen LogP contribution in [-0.2, 0) is 4.79 Å². The number of hydrogen-bond acceptors (Lipinski definition) is 6. The third kappa shape index (κ3) is 2.29. The summed E-state index contributed by atoms with van der Waals surface area (Å²) in [6.45, 7) is 0. The minimum absolute atomic E-state index is 0.0722. The number of ether oxygens (including phenoxy) is 2. The SMILES string of the molecule is COc1ncc(C2CC(=O)Nc3n[nH]c(C4CCC4)c32)c(OC)n1. The molecular weight excluding hydrogens is 310 g/mol. The van der Waals surface area contributed by atoms with Crippen LogP contribution in [-0.4, -0.2) is 40.3 Å². The second-order valence-electron chi connectivity index (χ2n) is 6.15. The average molecular weight is 329 g/mol. The molecule has 0 spiro atoms. The van der Waals surface area contributed by atoms with Crippen LogP contribution in [0.2, 0.25) is 0 Å². The Morgan fingerprint density at radius 1 is 1.25 bits per heavy atom. The molecule has 1 aliphatic carbocycles. The first-order valence-corrected chi connectivity index (χ1v) is 8.04. The van der Waals surface area contributed by atoms with E-state index >= 15 is 0 Å². The van der Waals surface area contributed by atoms with E-state index in [0.29, 0.717) is 24.0 Å². The van der Waals surface area contributed by atoms with E-state index in [2.05, 4.69) is 25.5 Å². The molecule has 1 atom stereocenters. The highest BCUT2D eigenvalue weighted by Gasteiger charge is 2.37. The van der Waals surface area contributed by atoms with Gasteiger partial charge < -0.3 is 14.8 Å². The van der Waals surface area contributed by atoms with Crippen molar-refractivity contribution >= 4 is 11.7 Å². The number of aromatic nitrogens is 4. The van der Waals surface area contributed by atoms with Gasteiger partial charge in [0.25, 0.3) is 0 Å². The van der Waals surface area contributed by atoms with Crippen molar-refractivity contribution in [3.05, 3.63) is 23.0 Å². The molecule has 1 amide bonds. The molecule has 0 radical (unpaired) electrons. The predicted octanol–water partition coefficient (Wildman–Crippen LogP) is 1.96. The Labute approximate surface area is 139 Å². The van der Waals surface area contributed by atoms with Gasteiger partial charge in [0.05, 0.1) is 14.2 Å². The zero-order valence-electron chi connectivity index (χ0n) is 13.6. The Hall–Kier alpha value is -2.64. The summed E-state index contributed by atoms with van der Waals surface area (Å²) in [6, 6.07) is 0.238. The van der Waals surface area contributed by atoms with Crippen molar-refractivity contribution in [3.63, 3.8) is 0 Å². The molecule has 8 heteroatoms. The number of carbonyl (C=O) groups excluding carboxylic acids is 1. The third-order valence-corrected chi connectivity index (χ3v) is 4.85. The maximum atomic E-state index is 12.1. The fraction of sp³-hybridized carbons (Fsp3) is 0.500. The van der Waals surface area contributed by atoms with E-state index < -0.39 is 0 Å². The summed E-state index contributed by atoms with van der Waals surface area (Å²) in [5.41, 5.74) is 2.92. The number of amides is 1. The number of fused-ring (bicyclic) bond motifs is 1. The average Bonchev–Trinajstić information content (AvgIpc) is 2.95. The van der Waals surface area contributed by atoms with Gasteiger partial charge in [0.15, 0.2) is 5.82 Å². The summed E-state index contributed by atoms with van der Waals surface area (Å²) < 4.78 is 10.5. The minimum atomic E-state index is -0.177. The van der Waals surface area contributed by atoms with Crippen LogP contribution >= 0.6 is 0 Å². The van der Waals surface area contributed by atoms with E-state index in [0.717, 1.165) is 29.7 Å². The Bertz CT molecular complexity index is 784. The zero-order valence-corrected chi connectivity index (χ0v) is 13.6. The number of carbonyl (C=O) groups is 1. The van der Waals surface area contributed by atoms with Gasteiger partial charge in [-0.05, 0) is 12.8 Å². The van der Waals surface area contributed by atoms with Crippen molar-refractivity contribution in [2.24, 2.45) is 0 Å². The molecule has 2 aromatic heterocycles. The summed E-state index contributed by atoms with van der Waals surface area (Å²) in [6.07, 6.45) is 5.51. The molecule has 1 saturated carbocycles. The topological polar surface area (TPSA) is 102 Å². The maximum Gasteiger partial charge on any atom is 0.319 e. The van der Waals surface area contributed by atoms with Crippen molar-refractivity contribution in [2.75, 3.05) is 19.5 Å². The summed E-state index contributed by atoms with van der Waals surface area (Å²) in [5, 5.41) is 10.3. The number of anilines is 1. The van der Waals surface area contributed by atoms with E-state index in [1.807, 2.05) is 0 Å². The van der Waals surface area contributed by atoms with Crippen LogP contribution in [0.25, 0.3) is 0 Å². The normalized spacial score (nSPS) is 20.1. The first-order chi connectivity index (χ1) is 11.7. The van der Waals surface area contributed by atoms with E-state index in [1.54, 1.807) is 13.3 Å². The second kappa shape index (κ2) is 5.77. The fourth-order valence-electron chi connectivity index (χ4n) is 3.42. The van der Waals surface area contributed by atoms with Gasteiger partial charge in [-0.1, -0.05) is 6.42 Å². The number of H-pyrrole nitrogens is 1. The van der Waals surface area contributed by atoms with Gasteiger partial charge in [-0.2, -0.15) is 10.1 Å². The van der Waals surface area contributed by atoms with E-state index in [-0.39, 0.29) is 17.8 Å². The molecule has 2 aromatic rings. The molecule has 1 fully saturated rings. The maximum absolute atomic E-state index is 12.1. The van der Waals surface area contributed by atoms with Crippen molar-refractivity contribution < 1.29 is 14.3 Å². The minimum Gasteiger partial charge on any atom is -0.481 e. The first kappa shape index (κ1) is 14.9. The van der Waals surface area contributed by atoms with Crippen LogP contribution in [0.15, 0.2) is 6.20 Å². The standard InChI is InChI=1S/C16H19N5O3/c1-23-15-10(7-17-16(19-15)24-2)9-6-11(22)18-14-12(9)13(20-21-14)8-4-3-5-8/h7-9H,3-6H2,1-2H3,(H2,18,20,21,22). The first-order valence-electron chi connectivity index (χ1n) is 8.04. The van der Waals surface area contributed by atoms with Gasteiger partial charge in [0.2, 0.25) is 11.8 Å². The molecule has 24 heavy (non-hydrogen) atoms. The highest BCUT2D eigenvalue weighted by molar-refractivity contribution is 5.94. The Balaban J connectivity index is 1.82. The summed E-state index contributed by atoms with van der Waals surface area (Å²) in [4.78, 5) is 20.6. The molecule has 8 nitrogen and oxygen atoms in total. The van der Waals surface area contributed by atoms with Crippen LogP contribution in [0.4, 0.5) is 5.82 Å². The van der Waals surface area contributed by atoms with E-state index in [9.17, 15) is 4.79 Å². The predicted molar refractivity (Wildman–Crippen MR) is 85.4 cm³/mol. The Kier molecular flexibility index (Phi) is 3.59. The number of aromatic amines is 1. The zero-order chi connectivity index (χ0) is 16.7. The highest BCUT2D eigenvalue weighted by Crippen LogP contribution is 2.46. The molecule has 1 aliphatic heterocycles. The second-order valence-corrected chi connectivity index (χ2v) is 6.15. The van der Waals surface area contributed by atoms with Gasteiger partial charge in [0, 0.05) is 41.3 Å². The molecule has 1 unspecified atom stereocenters. The van der Waals surface area contributed by atoms with E-state index in [4.69, 9.17) is 9.47 Å². The Morgan fingerprint density at radius 2 is 2.08 bits per heavy atom. The third-order valence-electron chi connectivity index (χ3n) is 4.85. The lowest BCUT2D eigenvalue weighted by molar-refractivity contribution is -0.116. The van der Waals surface area contributed by atoms with Crippen molar-refractivity contribution in [1.82, 2.24) is 20.2 Å². The number of hydrogen-bond donors (Lipinski definition) is 2. The van der Waals surface area contributed by atoms with Crippen LogP contribution in [0.5, 0.6) is 11.9 Å². The lowest BCUT2D eigenvalue weighted by Gasteiger charge is -2.29. The van der Waals surface area contributed by atoms with Gasteiger partial charge in [0.1, 0.15) is 0 Å². The molecule has 4 rings (SSSR count). The van der Waals surface area contributed by atoms with E-state index in [1.165, 1.54) is 13.5 Å². The lowest BCUT2D eigenvalue weighted by atomic mass is 9.77. The number of nitrogens with one attached hydrogen (secondary N) is 2. The van der Waals surface area contributed by atoms with Crippen LogP contribution in [0.1, 0.15) is 54.3 Å². The van der Waals surface area contributed by atoms with Crippen molar-refractivity contribution in [2.45, 2.75) is 37.5 Å².